The van der Waals surface area contributed by atoms with Crippen molar-refractivity contribution in [3.8, 4) is 0 Å². The average molecular weight is 301 g/mol. The van der Waals surface area contributed by atoms with Crippen LogP contribution >= 0.6 is 11.6 Å². The van der Waals surface area contributed by atoms with Crippen LogP contribution in [0.15, 0.2) is 18.2 Å². The Kier molecular flexibility index (Phi) is 5.80. The van der Waals surface area contributed by atoms with Gasteiger partial charge in [0.25, 0.3) is 0 Å². The Bertz CT molecular complexity index is 472. The summed E-state index contributed by atoms with van der Waals surface area (Å²) in [6.07, 6.45) is -0.138. The van der Waals surface area contributed by atoms with Crippen LogP contribution in [0.1, 0.15) is 26.3 Å². The summed E-state index contributed by atoms with van der Waals surface area (Å²) in [6, 6.07) is 4.66. The average Bonchev–Trinajstić information content (AvgIpc) is 2.30. The Hall–Kier alpha value is -1.30. The third kappa shape index (κ3) is 5.77. The molecule has 0 aromatic heterocycles. The van der Waals surface area contributed by atoms with Gasteiger partial charge in [-0.3, -0.25) is 5.32 Å². The highest BCUT2D eigenvalue weighted by Gasteiger charge is 2.17. The predicted octanol–water partition coefficient (Wildman–Crippen LogP) is 2.55. The highest BCUT2D eigenvalue weighted by atomic mass is 35.5. The summed E-state index contributed by atoms with van der Waals surface area (Å²) in [5.74, 6) is 0. The van der Waals surface area contributed by atoms with Gasteiger partial charge in [0.05, 0.1) is 6.61 Å². The normalized spacial score (nSPS) is 12.9. The summed E-state index contributed by atoms with van der Waals surface area (Å²) in [5, 5.41) is 12.2. The molecule has 1 atom stereocenters. The molecule has 1 amide bonds. The van der Waals surface area contributed by atoms with Crippen molar-refractivity contribution < 1.29 is 14.6 Å². The molecule has 0 saturated carbocycles. The smallest absolute Gasteiger partial charge is 0.412 e. The quantitative estimate of drug-likeness (QED) is 0.798. The molecular weight excluding hydrogens is 280 g/mol. The highest BCUT2D eigenvalue weighted by Crippen LogP contribution is 2.22. The van der Waals surface area contributed by atoms with E-state index in [4.69, 9.17) is 27.2 Å². The van der Waals surface area contributed by atoms with E-state index in [1.54, 1.807) is 39.0 Å². The number of carbonyl (C=O) groups excluding carboxylic acids is 1. The summed E-state index contributed by atoms with van der Waals surface area (Å²) < 4.78 is 5.19. The zero-order valence-electron chi connectivity index (χ0n) is 11.9. The molecule has 0 aliphatic rings. The number of ether oxygens (including phenoxy) is 1. The molecule has 20 heavy (non-hydrogen) atoms. The number of benzene rings is 1. The van der Waals surface area contributed by atoms with Gasteiger partial charge < -0.3 is 15.6 Å². The second-order valence-electron chi connectivity index (χ2n) is 5.58. The van der Waals surface area contributed by atoms with Crippen molar-refractivity contribution >= 4 is 23.4 Å². The molecule has 6 heteroatoms. The molecule has 1 unspecified atom stereocenters. The second kappa shape index (κ2) is 6.92. The number of hydrogen-bond donors (Lipinski definition) is 3. The number of nitrogens with one attached hydrogen (secondary N) is 1. The summed E-state index contributed by atoms with van der Waals surface area (Å²) in [6.45, 7) is 5.23. The van der Waals surface area contributed by atoms with Crippen molar-refractivity contribution in [1.29, 1.82) is 0 Å². The van der Waals surface area contributed by atoms with Crippen molar-refractivity contribution in [3.05, 3.63) is 28.8 Å². The molecule has 0 bridgehead atoms. The molecule has 0 fully saturated rings. The van der Waals surface area contributed by atoms with Gasteiger partial charge >= 0.3 is 6.09 Å². The number of anilines is 1. The largest absolute Gasteiger partial charge is 0.444 e. The topological polar surface area (TPSA) is 84.6 Å². The standard InChI is InChI=1S/C14H21ClN2O3/c1-14(2,3)20-13(19)17-12-5-4-10(15)6-9(12)7-11(16)8-18/h4-6,11,18H,7-8,16H2,1-3H3,(H,17,19). The fourth-order valence-corrected chi connectivity index (χ4v) is 1.81. The molecule has 0 heterocycles. The SMILES string of the molecule is CC(C)(C)OC(=O)Nc1ccc(Cl)cc1CC(N)CO. The van der Waals surface area contributed by atoms with E-state index < -0.39 is 17.7 Å². The first-order valence-electron chi connectivity index (χ1n) is 6.36. The van der Waals surface area contributed by atoms with Crippen LogP contribution in [0.3, 0.4) is 0 Å². The minimum absolute atomic E-state index is 0.140. The lowest BCUT2D eigenvalue weighted by Gasteiger charge is -2.21. The Labute approximate surface area is 124 Å². The van der Waals surface area contributed by atoms with Gasteiger partial charge in [0.2, 0.25) is 0 Å². The van der Waals surface area contributed by atoms with E-state index in [0.717, 1.165) is 5.56 Å². The summed E-state index contributed by atoms with van der Waals surface area (Å²) in [4.78, 5) is 11.8. The Morgan fingerprint density at radius 1 is 1.50 bits per heavy atom. The molecule has 0 saturated heterocycles. The van der Waals surface area contributed by atoms with Crippen LogP contribution in [-0.4, -0.2) is 29.4 Å². The number of aliphatic hydroxyl groups excluding tert-OH is 1. The summed E-state index contributed by atoms with van der Waals surface area (Å²) in [7, 11) is 0. The molecule has 0 spiro atoms. The van der Waals surface area contributed by atoms with Gasteiger partial charge in [0, 0.05) is 16.8 Å². The van der Waals surface area contributed by atoms with E-state index >= 15 is 0 Å². The van der Waals surface area contributed by atoms with Crippen molar-refractivity contribution in [2.24, 2.45) is 5.73 Å². The van der Waals surface area contributed by atoms with E-state index in [1.165, 1.54) is 0 Å². The highest BCUT2D eigenvalue weighted by molar-refractivity contribution is 6.30. The first-order valence-corrected chi connectivity index (χ1v) is 6.74. The van der Waals surface area contributed by atoms with Crippen LogP contribution in [0.4, 0.5) is 10.5 Å². The van der Waals surface area contributed by atoms with E-state index in [9.17, 15) is 4.79 Å². The minimum Gasteiger partial charge on any atom is -0.444 e. The third-order valence-corrected chi connectivity index (χ3v) is 2.65. The minimum atomic E-state index is -0.571. The zero-order valence-corrected chi connectivity index (χ0v) is 12.7. The lowest BCUT2D eigenvalue weighted by molar-refractivity contribution is 0.0636. The van der Waals surface area contributed by atoms with E-state index in [-0.39, 0.29) is 6.61 Å². The number of hydrogen-bond acceptors (Lipinski definition) is 4. The first kappa shape index (κ1) is 16.8. The molecule has 5 nitrogen and oxygen atoms in total. The van der Waals surface area contributed by atoms with Crippen molar-refractivity contribution in [3.63, 3.8) is 0 Å². The number of rotatable bonds is 4. The predicted molar refractivity (Wildman–Crippen MR) is 80.1 cm³/mol. The van der Waals surface area contributed by atoms with Crippen molar-refractivity contribution in [1.82, 2.24) is 0 Å². The fourth-order valence-electron chi connectivity index (χ4n) is 1.61. The Morgan fingerprint density at radius 2 is 2.15 bits per heavy atom. The van der Waals surface area contributed by atoms with E-state index in [2.05, 4.69) is 5.32 Å². The monoisotopic (exact) mass is 300 g/mol. The molecular formula is C14H21ClN2O3. The van der Waals surface area contributed by atoms with E-state index in [0.29, 0.717) is 17.1 Å². The maximum atomic E-state index is 11.8. The fraction of sp³-hybridized carbons (Fsp3) is 0.500. The first-order chi connectivity index (χ1) is 9.21. The van der Waals surface area contributed by atoms with Crippen molar-refractivity contribution in [2.45, 2.75) is 38.8 Å². The molecule has 0 radical (unpaired) electrons. The van der Waals surface area contributed by atoms with Crippen LogP contribution in [0.5, 0.6) is 0 Å². The number of halogens is 1. The molecule has 0 aliphatic carbocycles. The van der Waals surface area contributed by atoms with E-state index in [1.807, 2.05) is 0 Å². The van der Waals surface area contributed by atoms with Crippen molar-refractivity contribution in [2.75, 3.05) is 11.9 Å². The van der Waals surface area contributed by atoms with Gasteiger partial charge in [-0.25, -0.2) is 4.79 Å². The van der Waals surface area contributed by atoms with Gasteiger partial charge in [0.1, 0.15) is 5.60 Å². The van der Waals surface area contributed by atoms with Crippen LogP contribution in [0, 0.1) is 0 Å². The summed E-state index contributed by atoms with van der Waals surface area (Å²) >= 11 is 5.94. The van der Waals surface area contributed by atoms with Gasteiger partial charge in [-0.1, -0.05) is 11.6 Å². The van der Waals surface area contributed by atoms with Crippen LogP contribution in [-0.2, 0) is 11.2 Å². The lowest BCUT2D eigenvalue weighted by atomic mass is 10.0. The number of amides is 1. The van der Waals surface area contributed by atoms with Crippen LogP contribution in [0.25, 0.3) is 0 Å². The maximum Gasteiger partial charge on any atom is 0.412 e. The van der Waals surface area contributed by atoms with Gasteiger partial charge in [0.15, 0.2) is 0 Å². The number of carbonyl (C=O) groups is 1. The molecule has 1 aromatic carbocycles. The number of aliphatic hydroxyl groups is 1. The molecule has 1 rings (SSSR count). The van der Waals surface area contributed by atoms with Crippen LogP contribution in [0.2, 0.25) is 5.02 Å². The van der Waals surface area contributed by atoms with Crippen LogP contribution < -0.4 is 11.1 Å². The summed E-state index contributed by atoms with van der Waals surface area (Å²) in [5.41, 5.74) is 6.48. The maximum absolute atomic E-state index is 11.8. The molecule has 1 aromatic rings. The molecule has 4 N–H and O–H groups in total. The van der Waals surface area contributed by atoms with Gasteiger partial charge in [-0.05, 0) is 51.0 Å². The Balaban J connectivity index is 2.86. The Morgan fingerprint density at radius 3 is 2.70 bits per heavy atom. The second-order valence-corrected chi connectivity index (χ2v) is 6.01. The third-order valence-electron chi connectivity index (χ3n) is 2.42. The zero-order chi connectivity index (χ0) is 15.3. The number of nitrogens with two attached hydrogens (primary N) is 1. The molecule has 0 aliphatic heterocycles. The molecule has 112 valence electrons. The van der Waals surface area contributed by atoms with Gasteiger partial charge in [-0.15, -0.1) is 0 Å². The lowest BCUT2D eigenvalue weighted by Crippen LogP contribution is -2.29. The van der Waals surface area contributed by atoms with Gasteiger partial charge in [-0.2, -0.15) is 0 Å².